The first-order chi connectivity index (χ1) is 7.63. The number of hydrogen-bond donors (Lipinski definition) is 2. The van der Waals surface area contributed by atoms with E-state index in [2.05, 4.69) is 42.5 Å². The van der Waals surface area contributed by atoms with Crippen molar-refractivity contribution in [3.05, 3.63) is 32.7 Å². The van der Waals surface area contributed by atoms with Crippen molar-refractivity contribution in [2.75, 3.05) is 20.1 Å². The molecule has 0 aromatic heterocycles. The van der Waals surface area contributed by atoms with Crippen LogP contribution in [-0.4, -0.2) is 26.0 Å². The summed E-state index contributed by atoms with van der Waals surface area (Å²) in [5, 5.41) is 5.90. The van der Waals surface area contributed by atoms with Crippen LogP contribution >= 0.6 is 31.9 Å². The first-order valence-electron chi connectivity index (χ1n) is 5.02. The van der Waals surface area contributed by atoms with Gasteiger partial charge in [-0.05, 0) is 38.2 Å². The molecule has 0 radical (unpaired) electrons. The second kappa shape index (κ2) is 7.04. The molecule has 0 aliphatic carbocycles. The fraction of sp³-hybridized carbons (Fsp3) is 0.364. The van der Waals surface area contributed by atoms with Crippen LogP contribution in [0.25, 0.3) is 0 Å². The molecule has 16 heavy (non-hydrogen) atoms. The molecular weight excluding hydrogens is 336 g/mol. The monoisotopic (exact) mass is 348 g/mol. The average Bonchev–Trinajstić information content (AvgIpc) is 2.22. The van der Waals surface area contributed by atoms with Gasteiger partial charge in [-0.3, -0.25) is 4.79 Å². The van der Waals surface area contributed by atoms with E-state index in [1.807, 2.05) is 13.1 Å². The number of carbonyl (C=O) groups excluding carboxylic acids is 1. The summed E-state index contributed by atoms with van der Waals surface area (Å²) in [5.74, 6) is -0.0434. The van der Waals surface area contributed by atoms with Gasteiger partial charge in [0.2, 0.25) is 0 Å². The number of carbonyl (C=O) groups is 1. The molecule has 1 rings (SSSR count). The number of benzene rings is 1. The molecule has 2 N–H and O–H groups in total. The summed E-state index contributed by atoms with van der Waals surface area (Å²) in [6, 6.07) is 5.51. The van der Waals surface area contributed by atoms with Gasteiger partial charge in [0.1, 0.15) is 0 Å². The molecule has 0 atom stereocenters. The first-order valence-corrected chi connectivity index (χ1v) is 6.61. The Morgan fingerprint density at radius 1 is 1.19 bits per heavy atom. The van der Waals surface area contributed by atoms with Crippen molar-refractivity contribution < 1.29 is 4.79 Å². The van der Waals surface area contributed by atoms with Gasteiger partial charge in [-0.2, -0.15) is 0 Å². The number of halogens is 2. The number of hydrogen-bond acceptors (Lipinski definition) is 2. The van der Waals surface area contributed by atoms with Gasteiger partial charge in [-0.1, -0.05) is 31.9 Å². The zero-order valence-electron chi connectivity index (χ0n) is 9.02. The normalized spacial score (nSPS) is 10.2. The molecule has 1 amide bonds. The van der Waals surface area contributed by atoms with Crippen LogP contribution < -0.4 is 10.6 Å². The maximum atomic E-state index is 11.7. The largest absolute Gasteiger partial charge is 0.352 e. The van der Waals surface area contributed by atoms with E-state index < -0.39 is 0 Å². The van der Waals surface area contributed by atoms with Gasteiger partial charge in [0.25, 0.3) is 5.91 Å². The highest BCUT2D eigenvalue weighted by Crippen LogP contribution is 2.19. The van der Waals surface area contributed by atoms with Crippen molar-refractivity contribution >= 4 is 37.8 Å². The molecule has 0 aliphatic rings. The van der Waals surface area contributed by atoms with E-state index in [-0.39, 0.29) is 5.91 Å². The molecule has 0 fully saturated rings. The Morgan fingerprint density at radius 3 is 2.38 bits per heavy atom. The number of amides is 1. The lowest BCUT2D eigenvalue weighted by molar-refractivity contribution is 0.0953. The topological polar surface area (TPSA) is 41.1 Å². The first kappa shape index (κ1) is 13.7. The van der Waals surface area contributed by atoms with Gasteiger partial charge in [0.15, 0.2) is 0 Å². The minimum absolute atomic E-state index is 0.0434. The van der Waals surface area contributed by atoms with Crippen molar-refractivity contribution in [3.63, 3.8) is 0 Å². The van der Waals surface area contributed by atoms with Gasteiger partial charge in [0.05, 0.1) is 0 Å². The highest BCUT2D eigenvalue weighted by molar-refractivity contribution is 9.11. The fourth-order valence-corrected chi connectivity index (χ4v) is 2.55. The van der Waals surface area contributed by atoms with Crippen LogP contribution in [0.4, 0.5) is 0 Å². The van der Waals surface area contributed by atoms with Crippen LogP contribution in [-0.2, 0) is 0 Å². The Hall–Kier alpha value is -0.390. The predicted molar refractivity (Wildman–Crippen MR) is 72.7 cm³/mol. The summed E-state index contributed by atoms with van der Waals surface area (Å²) in [7, 11) is 1.90. The Bertz CT molecular complexity index is 349. The van der Waals surface area contributed by atoms with Crippen LogP contribution in [0.3, 0.4) is 0 Å². The Balaban J connectivity index is 2.52. The molecule has 0 saturated carbocycles. The molecule has 1 aromatic carbocycles. The minimum atomic E-state index is -0.0434. The van der Waals surface area contributed by atoms with Crippen LogP contribution in [0.1, 0.15) is 16.8 Å². The Kier molecular flexibility index (Phi) is 6.01. The molecule has 3 nitrogen and oxygen atoms in total. The molecule has 88 valence electrons. The van der Waals surface area contributed by atoms with Crippen LogP contribution in [0.5, 0.6) is 0 Å². The van der Waals surface area contributed by atoms with Crippen LogP contribution in [0, 0.1) is 0 Å². The molecule has 0 aliphatic heterocycles. The SMILES string of the molecule is CNCCCNC(=O)c1cc(Br)cc(Br)c1. The summed E-state index contributed by atoms with van der Waals surface area (Å²) in [4.78, 5) is 11.7. The minimum Gasteiger partial charge on any atom is -0.352 e. The van der Waals surface area contributed by atoms with E-state index in [0.29, 0.717) is 12.1 Å². The van der Waals surface area contributed by atoms with Crippen LogP contribution in [0.2, 0.25) is 0 Å². The van der Waals surface area contributed by atoms with E-state index in [0.717, 1.165) is 21.9 Å². The second-order valence-corrected chi connectivity index (χ2v) is 5.20. The predicted octanol–water partition coefficient (Wildman–Crippen LogP) is 2.55. The molecule has 0 bridgehead atoms. The molecule has 0 spiro atoms. The third-order valence-corrected chi connectivity index (χ3v) is 2.93. The van der Waals surface area contributed by atoms with Crippen LogP contribution in [0.15, 0.2) is 27.1 Å². The van der Waals surface area contributed by atoms with Gasteiger partial charge in [0, 0.05) is 21.1 Å². The zero-order valence-corrected chi connectivity index (χ0v) is 12.2. The van der Waals surface area contributed by atoms with Crippen molar-refractivity contribution in [1.29, 1.82) is 0 Å². The molecular formula is C11H14Br2N2O. The maximum absolute atomic E-state index is 11.7. The molecule has 1 aromatic rings. The summed E-state index contributed by atoms with van der Waals surface area (Å²) >= 11 is 6.71. The lowest BCUT2D eigenvalue weighted by atomic mass is 10.2. The molecule has 0 saturated heterocycles. The quantitative estimate of drug-likeness (QED) is 0.802. The van der Waals surface area contributed by atoms with Gasteiger partial charge < -0.3 is 10.6 Å². The standard InChI is InChI=1S/C11H14Br2N2O/c1-14-3-2-4-15-11(16)8-5-9(12)7-10(13)6-8/h5-7,14H,2-4H2,1H3,(H,15,16). The number of nitrogens with one attached hydrogen (secondary N) is 2. The zero-order chi connectivity index (χ0) is 12.0. The van der Waals surface area contributed by atoms with Crippen molar-refractivity contribution in [1.82, 2.24) is 10.6 Å². The molecule has 5 heteroatoms. The van der Waals surface area contributed by atoms with Gasteiger partial charge in [-0.15, -0.1) is 0 Å². The van der Waals surface area contributed by atoms with Crippen molar-refractivity contribution in [3.8, 4) is 0 Å². The lowest BCUT2D eigenvalue weighted by Gasteiger charge is -2.06. The van der Waals surface area contributed by atoms with E-state index in [1.165, 1.54) is 0 Å². The summed E-state index contributed by atoms with van der Waals surface area (Å²) in [6.07, 6.45) is 0.928. The smallest absolute Gasteiger partial charge is 0.251 e. The highest BCUT2D eigenvalue weighted by atomic mass is 79.9. The molecule has 0 unspecified atom stereocenters. The van der Waals surface area contributed by atoms with E-state index in [9.17, 15) is 4.79 Å². The number of rotatable bonds is 5. The van der Waals surface area contributed by atoms with Crippen molar-refractivity contribution in [2.24, 2.45) is 0 Å². The summed E-state index contributed by atoms with van der Waals surface area (Å²) in [5.41, 5.74) is 0.658. The molecule has 0 heterocycles. The third-order valence-electron chi connectivity index (χ3n) is 2.01. The van der Waals surface area contributed by atoms with Gasteiger partial charge in [-0.25, -0.2) is 0 Å². The lowest BCUT2D eigenvalue weighted by Crippen LogP contribution is -2.26. The Labute approximate surface area is 112 Å². The summed E-state index contributed by atoms with van der Waals surface area (Å²) < 4.78 is 1.78. The second-order valence-electron chi connectivity index (χ2n) is 3.37. The average molecular weight is 350 g/mol. The van der Waals surface area contributed by atoms with Gasteiger partial charge >= 0.3 is 0 Å². The van der Waals surface area contributed by atoms with E-state index in [1.54, 1.807) is 12.1 Å². The summed E-state index contributed by atoms with van der Waals surface area (Å²) in [6.45, 7) is 1.59. The van der Waals surface area contributed by atoms with Crippen molar-refractivity contribution in [2.45, 2.75) is 6.42 Å². The fourth-order valence-electron chi connectivity index (χ4n) is 1.25. The maximum Gasteiger partial charge on any atom is 0.251 e. The Morgan fingerprint density at radius 2 is 1.81 bits per heavy atom. The highest BCUT2D eigenvalue weighted by Gasteiger charge is 2.06. The van der Waals surface area contributed by atoms with E-state index in [4.69, 9.17) is 0 Å². The van der Waals surface area contributed by atoms with E-state index >= 15 is 0 Å². The third kappa shape index (κ3) is 4.63.